The number of nitrogens with zero attached hydrogens (tertiary/aromatic N) is 3. The Hall–Kier alpha value is -3.17. The summed E-state index contributed by atoms with van der Waals surface area (Å²) in [7, 11) is 0. The molecule has 10 heteroatoms. The van der Waals surface area contributed by atoms with Gasteiger partial charge in [0.05, 0.1) is 22.3 Å². The number of alkyl halides is 2. The zero-order valence-electron chi connectivity index (χ0n) is 21.5. The Labute approximate surface area is 221 Å². The first-order valence-corrected chi connectivity index (χ1v) is 12.7. The third kappa shape index (κ3) is 5.57. The van der Waals surface area contributed by atoms with Crippen molar-refractivity contribution in [3.05, 3.63) is 70.3 Å². The molecule has 1 aliphatic rings. The lowest BCUT2D eigenvalue weighted by atomic mass is 9.95. The summed E-state index contributed by atoms with van der Waals surface area (Å²) in [6.45, 7) is 8.98. The summed E-state index contributed by atoms with van der Waals surface area (Å²) in [5, 5.41) is 9.10. The highest BCUT2D eigenvalue weighted by molar-refractivity contribution is 6.35. The van der Waals surface area contributed by atoms with Crippen molar-refractivity contribution in [2.45, 2.75) is 58.5 Å². The van der Waals surface area contributed by atoms with Crippen molar-refractivity contribution in [3.63, 3.8) is 0 Å². The van der Waals surface area contributed by atoms with Crippen molar-refractivity contribution in [1.82, 2.24) is 15.0 Å². The molecule has 1 aliphatic carbocycles. The highest BCUT2D eigenvalue weighted by atomic mass is 35.5. The Morgan fingerprint density at radius 1 is 1.22 bits per heavy atom. The Bertz CT molecular complexity index is 1310. The van der Waals surface area contributed by atoms with Gasteiger partial charge in [-0.15, -0.1) is 0 Å². The third-order valence-corrected chi connectivity index (χ3v) is 7.23. The quantitative estimate of drug-likeness (QED) is 0.191. The van der Waals surface area contributed by atoms with E-state index in [9.17, 15) is 8.78 Å². The van der Waals surface area contributed by atoms with E-state index in [1.54, 1.807) is 6.07 Å². The number of aryl methyl sites for hydroxylation is 1. The van der Waals surface area contributed by atoms with Gasteiger partial charge in [0.15, 0.2) is 0 Å². The number of hydrazine groups is 1. The first kappa shape index (κ1) is 26.9. The summed E-state index contributed by atoms with van der Waals surface area (Å²) in [6.07, 6.45) is 0.971. The van der Waals surface area contributed by atoms with E-state index >= 15 is 0 Å². The van der Waals surface area contributed by atoms with E-state index in [-0.39, 0.29) is 0 Å². The Morgan fingerprint density at radius 2 is 1.95 bits per heavy atom. The fraction of sp³-hybridized carbons (Fsp3) is 0.407. The van der Waals surface area contributed by atoms with Crippen LogP contribution in [0, 0.1) is 19.8 Å². The van der Waals surface area contributed by atoms with Crippen LogP contribution in [0.5, 0.6) is 0 Å². The zero-order chi connectivity index (χ0) is 26.9. The van der Waals surface area contributed by atoms with Crippen molar-refractivity contribution < 1.29 is 8.78 Å². The summed E-state index contributed by atoms with van der Waals surface area (Å²) in [5.74, 6) is 7.19. The Kier molecular flexibility index (Phi) is 7.75. The zero-order valence-corrected chi connectivity index (χ0v) is 22.3. The minimum atomic E-state index is -2.57. The van der Waals surface area contributed by atoms with Crippen LogP contribution < -0.4 is 22.2 Å². The average Bonchev–Trinajstić information content (AvgIpc) is 3.66. The van der Waals surface area contributed by atoms with E-state index in [0.29, 0.717) is 46.5 Å². The molecule has 1 fully saturated rings. The number of rotatable bonds is 10. The molecule has 2 aromatic carbocycles. The summed E-state index contributed by atoms with van der Waals surface area (Å²) in [4.78, 5) is 8.77. The van der Waals surface area contributed by atoms with Crippen molar-refractivity contribution >= 4 is 34.0 Å². The van der Waals surface area contributed by atoms with Crippen molar-refractivity contribution in [2.24, 2.45) is 17.5 Å². The molecule has 198 valence electrons. The first-order chi connectivity index (χ1) is 17.5. The second-order valence-electron chi connectivity index (χ2n) is 10.2. The van der Waals surface area contributed by atoms with E-state index in [1.807, 2.05) is 38.1 Å². The molecule has 37 heavy (non-hydrogen) atoms. The topological polar surface area (TPSA) is 105 Å². The summed E-state index contributed by atoms with van der Waals surface area (Å²) in [6, 6.07) is 9.05. The third-order valence-electron chi connectivity index (χ3n) is 6.94. The van der Waals surface area contributed by atoms with Crippen LogP contribution in [-0.2, 0) is 0 Å². The standard InChI is InChI=1S/C27H34ClF2N7/c1-15(2)12-33-25-20-10-18(11-21(28)23(20)34-14-35-25)36-24(19-7-5-6-16(3)17(19)4)22(31)13-37(32)27(8-9-27)26(29)30/h5-7,10-11,13-15,24,26,36H,8-9,12,31-32H2,1-4H3,(H,33,34,35)/b22-13-. The molecule has 7 nitrogen and oxygen atoms in total. The second kappa shape index (κ2) is 10.7. The maximum Gasteiger partial charge on any atom is 0.262 e. The molecule has 0 spiro atoms. The van der Waals surface area contributed by atoms with Gasteiger partial charge in [0.25, 0.3) is 6.43 Å². The predicted molar refractivity (Wildman–Crippen MR) is 146 cm³/mol. The lowest BCUT2D eigenvalue weighted by Gasteiger charge is -2.29. The van der Waals surface area contributed by atoms with Gasteiger partial charge in [0.1, 0.15) is 17.7 Å². The molecular formula is C27H34ClF2N7. The van der Waals surface area contributed by atoms with Gasteiger partial charge in [-0.1, -0.05) is 43.6 Å². The molecule has 1 unspecified atom stereocenters. The molecular weight excluding hydrogens is 496 g/mol. The van der Waals surface area contributed by atoms with Crippen LogP contribution >= 0.6 is 11.6 Å². The van der Waals surface area contributed by atoms with Gasteiger partial charge in [-0.3, -0.25) is 0 Å². The number of anilines is 2. The number of nitrogens with one attached hydrogen (secondary N) is 2. The smallest absolute Gasteiger partial charge is 0.262 e. The lowest BCUT2D eigenvalue weighted by molar-refractivity contribution is 0.0305. The minimum absolute atomic E-state index is 0.307. The van der Waals surface area contributed by atoms with Crippen LogP contribution in [-0.4, -0.2) is 33.5 Å². The fourth-order valence-corrected chi connectivity index (χ4v) is 4.59. The number of fused-ring (bicyclic) bond motifs is 1. The van der Waals surface area contributed by atoms with Crippen molar-refractivity contribution in [1.29, 1.82) is 0 Å². The molecule has 3 aromatic rings. The van der Waals surface area contributed by atoms with Gasteiger partial charge in [-0.05, 0) is 61.4 Å². The summed E-state index contributed by atoms with van der Waals surface area (Å²) >= 11 is 6.63. The number of aromatic nitrogens is 2. The second-order valence-corrected chi connectivity index (χ2v) is 10.6. The molecule has 1 aromatic heterocycles. The van der Waals surface area contributed by atoms with Crippen LogP contribution in [0.25, 0.3) is 10.9 Å². The Balaban J connectivity index is 1.76. The molecule has 0 saturated heterocycles. The van der Waals surface area contributed by atoms with Crippen molar-refractivity contribution in [2.75, 3.05) is 17.2 Å². The highest BCUT2D eigenvalue weighted by Gasteiger charge is 2.54. The van der Waals surface area contributed by atoms with Crippen LogP contribution in [0.1, 0.15) is 49.4 Å². The fourth-order valence-electron chi connectivity index (χ4n) is 4.32. The van der Waals surface area contributed by atoms with Gasteiger partial charge >= 0.3 is 0 Å². The molecule has 6 N–H and O–H groups in total. The van der Waals surface area contributed by atoms with Crippen LogP contribution in [0.4, 0.5) is 20.3 Å². The Morgan fingerprint density at radius 3 is 2.59 bits per heavy atom. The molecule has 1 atom stereocenters. The molecule has 4 rings (SSSR count). The summed E-state index contributed by atoms with van der Waals surface area (Å²) < 4.78 is 27.3. The highest BCUT2D eigenvalue weighted by Crippen LogP contribution is 2.46. The van der Waals surface area contributed by atoms with Crippen LogP contribution in [0.3, 0.4) is 0 Å². The maximum absolute atomic E-state index is 13.7. The lowest BCUT2D eigenvalue weighted by Crippen LogP contribution is -2.44. The molecule has 1 heterocycles. The predicted octanol–water partition coefficient (Wildman–Crippen LogP) is 5.89. The number of halogens is 3. The molecule has 0 radical (unpaired) electrons. The summed E-state index contributed by atoms with van der Waals surface area (Å²) in [5.41, 5.74) is 9.84. The number of hydrogen-bond acceptors (Lipinski definition) is 7. The van der Waals surface area contributed by atoms with Crippen LogP contribution in [0.2, 0.25) is 5.02 Å². The first-order valence-electron chi connectivity index (χ1n) is 12.3. The maximum atomic E-state index is 13.7. The largest absolute Gasteiger partial charge is 0.399 e. The van der Waals surface area contributed by atoms with Crippen molar-refractivity contribution in [3.8, 4) is 0 Å². The molecule has 0 bridgehead atoms. The van der Waals surface area contributed by atoms with E-state index in [1.165, 1.54) is 12.5 Å². The molecule has 0 aliphatic heterocycles. The molecule has 0 amide bonds. The normalized spacial score (nSPS) is 15.8. The van der Waals surface area contributed by atoms with E-state index in [0.717, 1.165) is 33.6 Å². The SMILES string of the molecule is Cc1cccc(C(Nc2cc(Cl)c3ncnc(NCC(C)C)c3c2)/C(N)=C/N(N)C2(C(F)F)CC2)c1C. The number of benzene rings is 2. The number of nitrogens with two attached hydrogens (primary N) is 2. The van der Waals surface area contributed by atoms with Gasteiger partial charge in [-0.25, -0.2) is 24.6 Å². The van der Waals surface area contributed by atoms with Crippen LogP contribution in [0.15, 0.2) is 48.6 Å². The number of hydrogen-bond donors (Lipinski definition) is 4. The van der Waals surface area contributed by atoms with Gasteiger partial charge in [0, 0.05) is 23.8 Å². The van der Waals surface area contributed by atoms with Gasteiger partial charge < -0.3 is 21.4 Å². The van der Waals surface area contributed by atoms with E-state index in [4.69, 9.17) is 23.2 Å². The minimum Gasteiger partial charge on any atom is -0.399 e. The van der Waals surface area contributed by atoms with Gasteiger partial charge in [0.2, 0.25) is 0 Å². The van der Waals surface area contributed by atoms with Gasteiger partial charge in [-0.2, -0.15) is 0 Å². The average molecular weight is 530 g/mol. The molecule has 1 saturated carbocycles. The monoisotopic (exact) mass is 529 g/mol. The van der Waals surface area contributed by atoms with E-state index in [2.05, 4.69) is 34.4 Å². The van der Waals surface area contributed by atoms with E-state index < -0.39 is 18.0 Å².